The largest absolute Gasteiger partial charge is 0.490 e. The molecule has 0 spiro atoms. The Balaban J connectivity index is 0.000000660. The number of methoxy groups -OCH3 is 1. The van der Waals surface area contributed by atoms with E-state index in [4.69, 9.17) is 34.4 Å². The molecular weight excluding hydrogens is 603 g/mol. The normalized spacial score (nSPS) is 13.4. The van der Waals surface area contributed by atoms with Crippen molar-refractivity contribution in [2.24, 2.45) is 0 Å². The molecule has 1 aliphatic heterocycles. The summed E-state index contributed by atoms with van der Waals surface area (Å²) in [4.78, 5) is 40.1. The molecule has 3 rings (SSSR count). The number of ether oxygens (including phenoxy) is 1. The number of carboxylic acids is 3. The average Bonchev–Trinajstić information content (AvgIpc) is 3.02. The van der Waals surface area contributed by atoms with E-state index in [1.807, 2.05) is 18.3 Å². The van der Waals surface area contributed by atoms with E-state index >= 15 is 0 Å². The molecule has 11 nitrogen and oxygen atoms in total. The number of nitrogens with zero attached hydrogens (tertiary/aromatic N) is 4. The number of aliphatic carboxylic acids is 3. The molecule has 0 saturated heterocycles. The molecule has 0 radical (unpaired) electrons. The SMILES string of the molecule is COc1ncccc1CN1CCN(C)c2ncccc2C1.O=C(O)C(F)(F)F.O=C(O)C(F)(F)F.O=C(O)C(F)(F)F. The fraction of sp³-hybridized carbons (Fsp3) is 0.409. The van der Waals surface area contributed by atoms with Gasteiger partial charge in [-0.3, -0.25) is 4.90 Å². The van der Waals surface area contributed by atoms with E-state index in [0.717, 1.165) is 37.6 Å². The third-order valence-electron chi connectivity index (χ3n) is 4.54. The highest BCUT2D eigenvalue weighted by Gasteiger charge is 2.39. The van der Waals surface area contributed by atoms with E-state index < -0.39 is 36.4 Å². The van der Waals surface area contributed by atoms with Crippen molar-refractivity contribution in [3.05, 3.63) is 47.8 Å². The van der Waals surface area contributed by atoms with E-state index in [9.17, 15) is 39.5 Å². The summed E-state index contributed by atoms with van der Waals surface area (Å²) in [5.74, 6) is -6.48. The number of pyridine rings is 2. The van der Waals surface area contributed by atoms with Gasteiger partial charge in [-0.1, -0.05) is 12.1 Å². The van der Waals surface area contributed by atoms with Gasteiger partial charge in [-0.25, -0.2) is 24.4 Å². The van der Waals surface area contributed by atoms with Gasteiger partial charge in [-0.05, 0) is 12.1 Å². The van der Waals surface area contributed by atoms with Crippen LogP contribution in [0.1, 0.15) is 11.1 Å². The number of rotatable bonds is 3. The number of fused-ring (bicyclic) bond motifs is 1. The van der Waals surface area contributed by atoms with Crippen molar-refractivity contribution < 1.29 is 74.0 Å². The number of hydrogen-bond donors (Lipinski definition) is 3. The van der Waals surface area contributed by atoms with Crippen LogP contribution in [0.25, 0.3) is 0 Å². The fourth-order valence-corrected chi connectivity index (χ4v) is 2.72. The van der Waals surface area contributed by atoms with E-state index in [2.05, 4.69) is 38.9 Å². The second kappa shape index (κ2) is 16.2. The summed E-state index contributed by atoms with van der Waals surface area (Å²) >= 11 is 0. The number of likely N-dealkylation sites (N-methyl/N-ethyl adjacent to an activating group) is 1. The summed E-state index contributed by atoms with van der Waals surface area (Å²) in [6, 6.07) is 8.18. The molecule has 236 valence electrons. The zero-order valence-electron chi connectivity index (χ0n) is 21.5. The number of anilines is 1. The number of carbonyl (C=O) groups is 3. The molecule has 0 aromatic carbocycles. The highest BCUT2D eigenvalue weighted by molar-refractivity contribution is 5.73. The van der Waals surface area contributed by atoms with Gasteiger partial charge in [-0.15, -0.1) is 0 Å². The smallest absolute Gasteiger partial charge is 0.481 e. The molecule has 0 bridgehead atoms. The number of carboxylic acid groups (broad SMARTS) is 3. The second-order valence-electron chi connectivity index (χ2n) is 7.70. The van der Waals surface area contributed by atoms with Gasteiger partial charge in [0.2, 0.25) is 5.88 Å². The summed E-state index contributed by atoms with van der Waals surface area (Å²) in [5.41, 5.74) is 2.38. The summed E-state index contributed by atoms with van der Waals surface area (Å²) in [7, 11) is 3.77. The third-order valence-corrected chi connectivity index (χ3v) is 4.54. The molecular formula is C22H23F9N4O7. The van der Waals surface area contributed by atoms with Crippen molar-refractivity contribution in [1.29, 1.82) is 0 Å². The lowest BCUT2D eigenvalue weighted by atomic mass is 10.2. The highest BCUT2D eigenvalue weighted by Crippen LogP contribution is 2.24. The van der Waals surface area contributed by atoms with E-state index in [1.165, 1.54) is 5.56 Å². The first kappa shape index (κ1) is 37.6. The second-order valence-corrected chi connectivity index (χ2v) is 7.70. The lowest BCUT2D eigenvalue weighted by Crippen LogP contribution is -2.29. The Morgan fingerprint density at radius 2 is 1.24 bits per heavy atom. The summed E-state index contributed by atoms with van der Waals surface area (Å²) < 4.78 is 101. The minimum Gasteiger partial charge on any atom is -0.481 e. The Labute approximate surface area is 230 Å². The van der Waals surface area contributed by atoms with Crippen molar-refractivity contribution in [2.75, 3.05) is 32.1 Å². The standard InChI is InChI=1S/C16H20N4O.3C2HF3O2/c1-19-9-10-20(11-13-5-3-7-17-15(13)19)12-14-6-4-8-18-16(14)21-2;3*3-2(4,5)1(6)7/h3-8H,9-12H2,1-2H3;3*(H,6,7). The van der Waals surface area contributed by atoms with Crippen molar-refractivity contribution in [2.45, 2.75) is 31.6 Å². The Bertz CT molecular complexity index is 1120. The van der Waals surface area contributed by atoms with Crippen LogP contribution in [0.2, 0.25) is 0 Å². The number of halogens is 9. The number of hydrogen-bond acceptors (Lipinski definition) is 8. The zero-order chi connectivity index (χ0) is 32.9. The Hall–Kier alpha value is -4.36. The van der Waals surface area contributed by atoms with Crippen LogP contribution < -0.4 is 9.64 Å². The van der Waals surface area contributed by atoms with Crippen LogP contribution in [-0.2, 0) is 27.5 Å². The zero-order valence-corrected chi connectivity index (χ0v) is 21.5. The first-order valence-corrected chi connectivity index (χ1v) is 10.9. The topological polar surface area (TPSA) is 153 Å². The highest BCUT2D eigenvalue weighted by atomic mass is 19.4. The van der Waals surface area contributed by atoms with E-state index in [0.29, 0.717) is 5.88 Å². The van der Waals surface area contributed by atoms with Crippen LogP contribution in [0.3, 0.4) is 0 Å². The molecule has 2 aromatic rings. The van der Waals surface area contributed by atoms with Gasteiger partial charge in [-0.2, -0.15) is 39.5 Å². The van der Waals surface area contributed by atoms with Crippen LogP contribution in [0.5, 0.6) is 5.88 Å². The van der Waals surface area contributed by atoms with Crippen LogP contribution in [0.4, 0.5) is 45.3 Å². The maximum atomic E-state index is 10.6. The Morgan fingerprint density at radius 1 is 0.810 bits per heavy atom. The van der Waals surface area contributed by atoms with Crippen LogP contribution in [-0.4, -0.2) is 93.9 Å². The first-order valence-electron chi connectivity index (χ1n) is 10.9. The molecule has 0 fully saturated rings. The monoisotopic (exact) mass is 626 g/mol. The summed E-state index contributed by atoms with van der Waals surface area (Å²) in [6.45, 7) is 3.68. The van der Waals surface area contributed by atoms with E-state index in [1.54, 1.807) is 13.3 Å². The van der Waals surface area contributed by atoms with Crippen LogP contribution >= 0.6 is 0 Å². The molecule has 3 heterocycles. The van der Waals surface area contributed by atoms with Gasteiger partial charge in [0.1, 0.15) is 5.82 Å². The Kier molecular flexibility index (Phi) is 14.5. The molecule has 0 aliphatic carbocycles. The van der Waals surface area contributed by atoms with E-state index in [-0.39, 0.29) is 0 Å². The molecule has 0 unspecified atom stereocenters. The lowest BCUT2D eigenvalue weighted by Gasteiger charge is -2.21. The van der Waals surface area contributed by atoms with Crippen LogP contribution in [0.15, 0.2) is 36.7 Å². The maximum Gasteiger partial charge on any atom is 0.490 e. The Morgan fingerprint density at radius 3 is 1.67 bits per heavy atom. The van der Waals surface area contributed by atoms with Crippen molar-refractivity contribution in [3.8, 4) is 5.88 Å². The molecule has 0 amide bonds. The van der Waals surface area contributed by atoms with Gasteiger partial charge in [0.25, 0.3) is 0 Å². The summed E-state index contributed by atoms with van der Waals surface area (Å²) in [5, 5.41) is 21.4. The van der Waals surface area contributed by atoms with Crippen molar-refractivity contribution >= 4 is 23.7 Å². The van der Waals surface area contributed by atoms with Gasteiger partial charge in [0.05, 0.1) is 7.11 Å². The minimum absolute atomic E-state index is 0.710. The predicted octanol–water partition coefficient (Wildman–Crippen LogP) is 3.84. The third kappa shape index (κ3) is 14.3. The molecule has 2 aromatic heterocycles. The predicted molar refractivity (Wildman–Crippen MR) is 123 cm³/mol. The molecule has 0 atom stereocenters. The number of alkyl halides is 9. The fourth-order valence-electron chi connectivity index (χ4n) is 2.72. The molecule has 0 saturated carbocycles. The average molecular weight is 626 g/mol. The van der Waals surface area contributed by atoms with Gasteiger partial charge < -0.3 is 25.0 Å². The van der Waals surface area contributed by atoms with Crippen molar-refractivity contribution in [3.63, 3.8) is 0 Å². The van der Waals surface area contributed by atoms with Gasteiger partial charge in [0, 0.05) is 56.7 Å². The lowest BCUT2D eigenvalue weighted by molar-refractivity contribution is -0.193. The minimum atomic E-state index is -5.08. The quantitative estimate of drug-likeness (QED) is 0.426. The van der Waals surface area contributed by atoms with Gasteiger partial charge >= 0.3 is 36.4 Å². The first-order chi connectivity index (χ1) is 19.1. The molecule has 3 N–H and O–H groups in total. The molecule has 42 heavy (non-hydrogen) atoms. The maximum absolute atomic E-state index is 10.6. The number of aromatic nitrogens is 2. The van der Waals surface area contributed by atoms with Gasteiger partial charge in [0.15, 0.2) is 0 Å². The molecule has 20 heteroatoms. The molecule has 1 aliphatic rings. The van der Waals surface area contributed by atoms with Crippen LogP contribution in [0, 0.1) is 0 Å². The van der Waals surface area contributed by atoms with Crippen molar-refractivity contribution in [1.82, 2.24) is 14.9 Å². The summed E-state index contributed by atoms with van der Waals surface area (Å²) in [6.07, 6.45) is -11.6.